The summed E-state index contributed by atoms with van der Waals surface area (Å²) in [7, 11) is 2.11. The van der Waals surface area contributed by atoms with Gasteiger partial charge in [-0.1, -0.05) is 0 Å². The molecule has 3 aliphatic rings. The van der Waals surface area contributed by atoms with Crippen LogP contribution in [0.25, 0.3) is 0 Å². The molecule has 0 aromatic rings. The summed E-state index contributed by atoms with van der Waals surface area (Å²) in [6, 6.07) is 0. The van der Waals surface area contributed by atoms with E-state index < -0.39 is 0 Å². The van der Waals surface area contributed by atoms with Gasteiger partial charge in [-0.2, -0.15) is 0 Å². The van der Waals surface area contributed by atoms with E-state index in [0.717, 1.165) is 38.9 Å². The van der Waals surface area contributed by atoms with Gasteiger partial charge in [0.2, 0.25) is 17.7 Å². The quantitative estimate of drug-likeness (QED) is 0.727. The second kappa shape index (κ2) is 7.32. The number of amides is 3. The van der Waals surface area contributed by atoms with Crippen LogP contribution in [0.4, 0.5) is 0 Å². The second-order valence-electron chi connectivity index (χ2n) is 7.60. The molecule has 1 spiro atoms. The van der Waals surface area contributed by atoms with Gasteiger partial charge in [-0.25, -0.2) is 0 Å². The first kappa shape index (κ1) is 18.2. The summed E-state index contributed by atoms with van der Waals surface area (Å²) in [5, 5.41) is 0. The average Bonchev–Trinajstić information content (AvgIpc) is 2.92. The van der Waals surface area contributed by atoms with Crippen LogP contribution in [0.1, 0.15) is 39.0 Å². The van der Waals surface area contributed by atoms with E-state index in [1.807, 2.05) is 16.7 Å². The number of piperazine rings is 1. The second-order valence-corrected chi connectivity index (χ2v) is 7.60. The van der Waals surface area contributed by atoms with Crippen molar-refractivity contribution < 1.29 is 14.4 Å². The molecule has 0 aliphatic carbocycles. The summed E-state index contributed by atoms with van der Waals surface area (Å²) in [5.74, 6) is 0.361. The molecular formula is C18H30N4O3. The minimum atomic E-state index is -0.123. The lowest BCUT2D eigenvalue weighted by Crippen LogP contribution is -2.63. The molecule has 0 aromatic carbocycles. The van der Waals surface area contributed by atoms with Gasteiger partial charge in [-0.15, -0.1) is 0 Å². The van der Waals surface area contributed by atoms with Crippen molar-refractivity contribution in [3.63, 3.8) is 0 Å². The van der Waals surface area contributed by atoms with E-state index in [1.54, 1.807) is 4.90 Å². The van der Waals surface area contributed by atoms with Gasteiger partial charge in [0.05, 0.1) is 6.54 Å². The van der Waals surface area contributed by atoms with Gasteiger partial charge in [-0.3, -0.25) is 19.3 Å². The monoisotopic (exact) mass is 350 g/mol. The van der Waals surface area contributed by atoms with Crippen molar-refractivity contribution >= 4 is 17.7 Å². The van der Waals surface area contributed by atoms with E-state index in [4.69, 9.17) is 0 Å². The fourth-order valence-electron chi connectivity index (χ4n) is 4.38. The summed E-state index contributed by atoms with van der Waals surface area (Å²) in [5.41, 5.74) is -0.123. The molecule has 3 saturated heterocycles. The van der Waals surface area contributed by atoms with Gasteiger partial charge in [0.15, 0.2) is 0 Å². The molecule has 7 heteroatoms. The van der Waals surface area contributed by atoms with E-state index in [9.17, 15) is 14.4 Å². The van der Waals surface area contributed by atoms with Gasteiger partial charge < -0.3 is 14.7 Å². The number of nitrogens with zero attached hydrogens (tertiary/aromatic N) is 4. The maximum absolute atomic E-state index is 12.7. The summed E-state index contributed by atoms with van der Waals surface area (Å²) >= 11 is 0. The topological polar surface area (TPSA) is 64.2 Å². The van der Waals surface area contributed by atoms with Crippen LogP contribution in [0.15, 0.2) is 0 Å². The molecule has 3 heterocycles. The van der Waals surface area contributed by atoms with Crippen LogP contribution < -0.4 is 0 Å². The average molecular weight is 350 g/mol. The predicted molar refractivity (Wildman–Crippen MR) is 93.9 cm³/mol. The molecule has 1 atom stereocenters. The number of carbonyl (C=O) groups is 3. The molecule has 0 bridgehead atoms. The molecule has 0 radical (unpaired) electrons. The molecule has 1 unspecified atom stereocenters. The molecule has 3 aliphatic heterocycles. The lowest BCUT2D eigenvalue weighted by Gasteiger charge is -2.49. The smallest absolute Gasteiger partial charge is 0.242 e. The highest BCUT2D eigenvalue weighted by atomic mass is 16.2. The Balaban J connectivity index is 1.67. The van der Waals surface area contributed by atoms with Gasteiger partial charge in [0, 0.05) is 57.6 Å². The lowest BCUT2D eigenvalue weighted by atomic mass is 9.86. The number of hydrogen-bond donors (Lipinski definition) is 0. The molecule has 25 heavy (non-hydrogen) atoms. The van der Waals surface area contributed by atoms with Crippen molar-refractivity contribution in [2.24, 2.45) is 0 Å². The number of likely N-dealkylation sites (N-methyl/N-ethyl adjacent to an activating group) is 1. The molecule has 0 aromatic heterocycles. The number of carbonyl (C=O) groups excluding carboxylic acids is 3. The Morgan fingerprint density at radius 1 is 1.00 bits per heavy atom. The Bertz CT molecular complexity index is 552. The first-order valence-electron chi connectivity index (χ1n) is 9.50. The third kappa shape index (κ3) is 3.66. The summed E-state index contributed by atoms with van der Waals surface area (Å²) < 4.78 is 0. The van der Waals surface area contributed by atoms with Crippen LogP contribution in [0.5, 0.6) is 0 Å². The highest BCUT2D eigenvalue weighted by Gasteiger charge is 2.43. The largest absolute Gasteiger partial charge is 0.343 e. The number of hydrogen-bond acceptors (Lipinski definition) is 4. The van der Waals surface area contributed by atoms with Gasteiger partial charge in [0.1, 0.15) is 0 Å². The molecule has 7 nitrogen and oxygen atoms in total. The summed E-state index contributed by atoms with van der Waals surface area (Å²) in [6.07, 6.45) is 3.66. The highest BCUT2D eigenvalue weighted by Crippen LogP contribution is 2.32. The third-order valence-electron chi connectivity index (χ3n) is 6.24. The van der Waals surface area contributed by atoms with Crippen LogP contribution >= 0.6 is 0 Å². The maximum atomic E-state index is 12.7. The standard InChI is InChI=1S/C18H30N4O3/c1-3-20-10-8-18(7-6-16(20)24)14-22(12-11-19(18)2)17(25)13-21-9-4-5-15(21)23/h3-14H2,1-2H3. The van der Waals surface area contributed by atoms with Crippen LogP contribution in [-0.2, 0) is 14.4 Å². The van der Waals surface area contributed by atoms with Gasteiger partial charge in [0.25, 0.3) is 0 Å². The van der Waals surface area contributed by atoms with E-state index in [-0.39, 0.29) is 29.8 Å². The van der Waals surface area contributed by atoms with Crippen molar-refractivity contribution in [2.45, 2.75) is 44.6 Å². The Kier molecular flexibility index (Phi) is 5.32. The van der Waals surface area contributed by atoms with Crippen molar-refractivity contribution in [2.75, 3.05) is 52.9 Å². The number of rotatable bonds is 3. The molecular weight excluding hydrogens is 320 g/mol. The number of likely N-dealkylation sites (tertiary alicyclic amines) is 2. The van der Waals surface area contributed by atoms with Crippen molar-refractivity contribution in [3.8, 4) is 0 Å². The summed E-state index contributed by atoms with van der Waals surface area (Å²) in [4.78, 5) is 44.6. The van der Waals surface area contributed by atoms with E-state index in [2.05, 4.69) is 11.9 Å². The van der Waals surface area contributed by atoms with Crippen LogP contribution in [0.2, 0.25) is 0 Å². The molecule has 0 N–H and O–H groups in total. The minimum absolute atomic E-state index is 0.0469. The Labute approximate surface area is 149 Å². The zero-order valence-electron chi connectivity index (χ0n) is 15.5. The van der Waals surface area contributed by atoms with Crippen molar-refractivity contribution in [3.05, 3.63) is 0 Å². The lowest BCUT2D eigenvalue weighted by molar-refractivity contribution is -0.142. The first-order chi connectivity index (χ1) is 11.9. The first-order valence-corrected chi connectivity index (χ1v) is 9.50. The highest BCUT2D eigenvalue weighted by molar-refractivity contribution is 5.86. The Morgan fingerprint density at radius 3 is 2.44 bits per heavy atom. The zero-order valence-corrected chi connectivity index (χ0v) is 15.5. The van der Waals surface area contributed by atoms with Crippen molar-refractivity contribution in [1.29, 1.82) is 0 Å². The predicted octanol–water partition coefficient (Wildman–Crippen LogP) is 0.154. The van der Waals surface area contributed by atoms with Crippen LogP contribution in [-0.4, -0.2) is 95.7 Å². The fourth-order valence-corrected chi connectivity index (χ4v) is 4.38. The maximum Gasteiger partial charge on any atom is 0.242 e. The van der Waals surface area contributed by atoms with Crippen LogP contribution in [0.3, 0.4) is 0 Å². The van der Waals surface area contributed by atoms with E-state index >= 15 is 0 Å². The van der Waals surface area contributed by atoms with Crippen LogP contribution in [0, 0.1) is 0 Å². The molecule has 3 amide bonds. The normalized spacial score (nSPS) is 28.8. The molecule has 0 saturated carbocycles. The van der Waals surface area contributed by atoms with Crippen molar-refractivity contribution in [1.82, 2.24) is 19.6 Å². The third-order valence-corrected chi connectivity index (χ3v) is 6.24. The Hall–Kier alpha value is -1.63. The van der Waals surface area contributed by atoms with E-state index in [1.165, 1.54) is 0 Å². The fraction of sp³-hybridized carbons (Fsp3) is 0.833. The summed E-state index contributed by atoms with van der Waals surface area (Å²) in [6.45, 7) is 6.61. The van der Waals surface area contributed by atoms with Gasteiger partial charge >= 0.3 is 0 Å². The zero-order chi connectivity index (χ0) is 18.0. The Morgan fingerprint density at radius 2 is 1.76 bits per heavy atom. The molecule has 3 rings (SSSR count). The molecule has 3 fully saturated rings. The van der Waals surface area contributed by atoms with E-state index in [0.29, 0.717) is 32.5 Å². The SMILES string of the molecule is CCN1CCC2(CCC1=O)CN(C(=O)CN1CCCC1=O)CCN2C. The van der Waals surface area contributed by atoms with Gasteiger partial charge in [-0.05, 0) is 33.2 Å². The molecule has 140 valence electrons. The minimum Gasteiger partial charge on any atom is -0.343 e.